The normalized spacial score (nSPS) is 19.0. The zero-order chi connectivity index (χ0) is 35.9. The molecule has 266 valence electrons. The van der Waals surface area contributed by atoms with Crippen molar-refractivity contribution in [2.45, 2.75) is 49.9 Å². The van der Waals surface area contributed by atoms with Crippen molar-refractivity contribution in [3.63, 3.8) is 0 Å². The monoisotopic (exact) mass is 694 g/mol. The first-order chi connectivity index (χ1) is 25.3. The number of nitrogens with zero attached hydrogens (tertiary/aromatic N) is 6. The zero-order valence-corrected chi connectivity index (χ0v) is 30.3. The smallest absolute Gasteiger partial charge is 0.245 e. The minimum Gasteiger partial charge on any atom is -0.340 e. The number of aromatic nitrogens is 4. The Balaban J connectivity index is 1.03. The third kappa shape index (κ3) is 6.26. The van der Waals surface area contributed by atoms with Crippen molar-refractivity contribution in [3.8, 4) is 11.1 Å². The van der Waals surface area contributed by atoms with Crippen molar-refractivity contribution in [2.75, 3.05) is 41.3 Å². The third-order valence-electron chi connectivity index (χ3n) is 10.8. The van der Waals surface area contributed by atoms with Crippen LogP contribution in [0.15, 0.2) is 97.1 Å². The number of fused-ring (bicyclic) bond motifs is 2. The predicted molar refractivity (Wildman–Crippen MR) is 204 cm³/mol. The highest BCUT2D eigenvalue weighted by Crippen LogP contribution is 2.37. The molecule has 0 saturated carbocycles. The minimum absolute atomic E-state index is 0.1000. The van der Waals surface area contributed by atoms with Crippen LogP contribution in [-0.4, -0.2) is 92.6 Å². The minimum atomic E-state index is -0.350. The molecule has 2 fully saturated rings. The van der Waals surface area contributed by atoms with Gasteiger partial charge in [0.1, 0.15) is 23.7 Å². The van der Waals surface area contributed by atoms with E-state index in [9.17, 15) is 9.59 Å². The number of carbonyl (C=O) groups is 2. The lowest BCUT2D eigenvalue weighted by molar-refractivity contribution is -0.138. The second-order valence-electron chi connectivity index (χ2n) is 14.6. The average Bonchev–Trinajstić information content (AvgIpc) is 3.97. The highest BCUT2D eigenvalue weighted by atomic mass is 16.2. The maximum absolute atomic E-state index is 14.0. The van der Waals surface area contributed by atoms with E-state index in [1.54, 1.807) is 0 Å². The molecular formula is C42H46N8O2. The number of amides is 2. The third-order valence-corrected chi connectivity index (χ3v) is 10.8. The lowest BCUT2D eigenvalue weighted by atomic mass is 10.0. The Bertz CT molecular complexity index is 2050. The van der Waals surface area contributed by atoms with Gasteiger partial charge in [0, 0.05) is 13.1 Å². The topological polar surface area (TPSA) is 104 Å². The molecule has 2 saturated heterocycles. The van der Waals surface area contributed by atoms with Gasteiger partial charge < -0.3 is 19.8 Å². The van der Waals surface area contributed by atoms with Gasteiger partial charge in [0.05, 0.1) is 34.2 Å². The van der Waals surface area contributed by atoms with Crippen LogP contribution in [0.2, 0.25) is 0 Å². The van der Waals surface area contributed by atoms with Crippen LogP contribution in [0.4, 0.5) is 0 Å². The second kappa shape index (κ2) is 14.0. The Morgan fingerprint density at radius 3 is 1.40 bits per heavy atom. The zero-order valence-electron chi connectivity index (χ0n) is 30.3. The largest absolute Gasteiger partial charge is 0.340 e. The SMILES string of the molecule is CN(C)C(C(=O)N1CCC[C@H]1c1nc2ccc(-c3ccc4nc([C@@H]5CCCN5C(=O)[C@@H](c5ccccc5)N(C)C)[nH]c4c3)cc2[nH]1)c1ccccc1. The highest BCUT2D eigenvalue weighted by molar-refractivity contribution is 5.88. The van der Waals surface area contributed by atoms with Crippen LogP contribution < -0.4 is 0 Å². The molecule has 1 unspecified atom stereocenters. The van der Waals surface area contributed by atoms with Crippen molar-refractivity contribution >= 4 is 33.9 Å². The van der Waals surface area contributed by atoms with Gasteiger partial charge in [0.25, 0.3) is 0 Å². The summed E-state index contributed by atoms with van der Waals surface area (Å²) in [6.45, 7) is 1.43. The summed E-state index contributed by atoms with van der Waals surface area (Å²) < 4.78 is 0. The first-order valence-corrected chi connectivity index (χ1v) is 18.3. The molecule has 6 aromatic rings. The lowest BCUT2D eigenvalue weighted by Gasteiger charge is -2.31. The van der Waals surface area contributed by atoms with Gasteiger partial charge in [0.2, 0.25) is 11.8 Å². The Labute approximate surface area is 304 Å². The van der Waals surface area contributed by atoms with E-state index >= 15 is 0 Å². The summed E-state index contributed by atoms with van der Waals surface area (Å²) in [5, 5.41) is 0. The van der Waals surface area contributed by atoms with E-state index in [0.29, 0.717) is 13.1 Å². The molecular weight excluding hydrogens is 649 g/mol. The van der Waals surface area contributed by atoms with Crippen molar-refractivity contribution < 1.29 is 9.59 Å². The summed E-state index contributed by atoms with van der Waals surface area (Å²) in [7, 11) is 7.84. The van der Waals surface area contributed by atoms with Gasteiger partial charge in [-0.05, 0) is 100 Å². The van der Waals surface area contributed by atoms with Crippen molar-refractivity contribution in [3.05, 3.63) is 120 Å². The average molecular weight is 695 g/mol. The standard InChI is InChI=1S/C42H46N8O2/c1-47(2)37(27-13-7-5-8-14-27)41(51)49-23-11-17-35(49)39-43-31-21-19-29(25-33(31)45-39)30-20-22-32-34(26-30)46-40(44-32)36-18-12-24-50(36)42(52)38(48(3)4)28-15-9-6-10-16-28/h5-10,13-16,19-22,25-26,35-38H,11-12,17-18,23-24H2,1-4H3,(H,43,45)(H,44,46)/t35-,36-,37+,38?/m0/s1. The molecule has 4 atom stereocenters. The quantitative estimate of drug-likeness (QED) is 0.168. The van der Waals surface area contributed by atoms with Crippen LogP contribution in [0.1, 0.15) is 72.6 Å². The Morgan fingerprint density at radius 2 is 1.02 bits per heavy atom. The molecule has 10 heteroatoms. The number of aromatic amines is 2. The number of hydrogen-bond donors (Lipinski definition) is 2. The Kier molecular flexibility index (Phi) is 9.11. The van der Waals surface area contributed by atoms with Crippen molar-refractivity contribution in [1.29, 1.82) is 0 Å². The summed E-state index contributed by atoms with van der Waals surface area (Å²) >= 11 is 0. The summed E-state index contributed by atoms with van der Waals surface area (Å²) in [4.78, 5) is 53.1. The fraction of sp³-hybridized carbons (Fsp3) is 0.333. The van der Waals surface area contributed by atoms with E-state index in [-0.39, 0.29) is 36.0 Å². The van der Waals surface area contributed by atoms with Gasteiger partial charge in [-0.1, -0.05) is 72.8 Å². The van der Waals surface area contributed by atoms with Crippen LogP contribution in [0, 0.1) is 0 Å². The molecule has 0 bridgehead atoms. The predicted octanol–water partition coefficient (Wildman–Crippen LogP) is 7.04. The number of carbonyl (C=O) groups excluding carboxylic acids is 2. The number of imidazole rings is 2. The number of H-pyrrole nitrogens is 2. The van der Waals surface area contributed by atoms with E-state index in [1.165, 1.54) is 0 Å². The van der Waals surface area contributed by atoms with Gasteiger partial charge in [0.15, 0.2) is 0 Å². The summed E-state index contributed by atoms with van der Waals surface area (Å²) in [5.41, 5.74) is 7.76. The maximum Gasteiger partial charge on any atom is 0.245 e. The Hall–Kier alpha value is -5.32. The first kappa shape index (κ1) is 33.8. The summed E-state index contributed by atoms with van der Waals surface area (Å²) in [5.74, 6) is 1.87. The summed E-state index contributed by atoms with van der Waals surface area (Å²) in [6, 6.07) is 31.7. The molecule has 2 aromatic heterocycles. The molecule has 0 radical (unpaired) electrons. The van der Waals surface area contributed by atoms with Gasteiger partial charge in [-0.2, -0.15) is 0 Å². The molecule has 2 aliphatic heterocycles. The molecule has 10 nitrogen and oxygen atoms in total. The van der Waals surface area contributed by atoms with E-state index in [0.717, 1.165) is 81.7 Å². The lowest BCUT2D eigenvalue weighted by Crippen LogP contribution is -2.40. The number of nitrogens with one attached hydrogen (secondary N) is 2. The fourth-order valence-corrected chi connectivity index (χ4v) is 8.27. The highest BCUT2D eigenvalue weighted by Gasteiger charge is 2.38. The van der Waals surface area contributed by atoms with Gasteiger partial charge in [-0.3, -0.25) is 19.4 Å². The van der Waals surface area contributed by atoms with E-state index in [1.807, 2.05) is 108 Å². The van der Waals surface area contributed by atoms with Gasteiger partial charge in [-0.25, -0.2) is 9.97 Å². The molecule has 2 amide bonds. The molecule has 0 aliphatic carbocycles. The second-order valence-corrected chi connectivity index (χ2v) is 14.6. The first-order valence-electron chi connectivity index (χ1n) is 18.3. The maximum atomic E-state index is 14.0. The molecule has 2 N–H and O–H groups in total. The molecule has 2 aliphatic rings. The van der Waals surface area contributed by atoms with E-state index < -0.39 is 0 Å². The number of rotatable bonds is 9. The number of likely N-dealkylation sites (tertiary alicyclic amines) is 2. The molecule has 4 heterocycles. The summed E-state index contributed by atoms with van der Waals surface area (Å²) in [6.07, 6.45) is 3.63. The van der Waals surface area contributed by atoms with E-state index in [4.69, 9.17) is 9.97 Å². The van der Waals surface area contributed by atoms with Crippen molar-refractivity contribution in [1.82, 2.24) is 39.5 Å². The van der Waals surface area contributed by atoms with Crippen LogP contribution in [-0.2, 0) is 9.59 Å². The molecule has 8 rings (SSSR count). The van der Waals surface area contributed by atoms with Crippen molar-refractivity contribution in [2.24, 2.45) is 0 Å². The molecule has 0 spiro atoms. The van der Waals surface area contributed by atoms with Crippen LogP contribution in [0.5, 0.6) is 0 Å². The van der Waals surface area contributed by atoms with Crippen LogP contribution >= 0.6 is 0 Å². The van der Waals surface area contributed by atoms with Gasteiger partial charge >= 0.3 is 0 Å². The fourth-order valence-electron chi connectivity index (χ4n) is 8.27. The number of likely N-dealkylation sites (N-methyl/N-ethyl adjacent to an activating group) is 2. The van der Waals surface area contributed by atoms with Gasteiger partial charge in [-0.15, -0.1) is 0 Å². The molecule has 4 aromatic carbocycles. The number of hydrogen-bond acceptors (Lipinski definition) is 6. The van der Waals surface area contributed by atoms with Crippen LogP contribution in [0.25, 0.3) is 33.2 Å². The van der Waals surface area contributed by atoms with E-state index in [2.05, 4.69) is 46.4 Å². The Morgan fingerprint density at radius 1 is 0.615 bits per heavy atom. The number of benzene rings is 4. The molecule has 52 heavy (non-hydrogen) atoms. The van der Waals surface area contributed by atoms with Crippen LogP contribution in [0.3, 0.4) is 0 Å².